The predicted octanol–water partition coefficient (Wildman–Crippen LogP) is 1.64. The van der Waals surface area contributed by atoms with Crippen LogP contribution in [-0.4, -0.2) is 17.0 Å². The molecule has 0 radical (unpaired) electrons. The molecule has 6 nitrogen and oxygen atoms in total. The molecule has 0 fully saturated rings. The summed E-state index contributed by atoms with van der Waals surface area (Å²) in [4.78, 5) is 15.1. The van der Waals surface area contributed by atoms with Crippen LogP contribution in [0, 0.1) is 0 Å². The number of nitrogens with two attached hydrogens (primary N) is 1. The fourth-order valence-corrected chi connectivity index (χ4v) is 1.58. The van der Waals surface area contributed by atoms with E-state index in [9.17, 15) is 9.90 Å². The number of benzene rings is 2. The highest BCUT2D eigenvalue weighted by atomic mass is 16.3. The van der Waals surface area contributed by atoms with Crippen molar-refractivity contribution >= 4 is 17.6 Å². The minimum atomic E-state index is -0.749. The number of carbonyl (C=O) groups excluding carboxylic acids is 1. The van der Waals surface area contributed by atoms with Crippen molar-refractivity contribution in [3.05, 3.63) is 60.2 Å². The number of carbonyl (C=O) groups is 1. The van der Waals surface area contributed by atoms with Gasteiger partial charge >= 0.3 is 6.03 Å². The number of nitrogens with zero attached hydrogens (tertiary/aromatic N) is 1. The fourth-order valence-electron chi connectivity index (χ4n) is 1.58. The summed E-state index contributed by atoms with van der Waals surface area (Å²) in [6.07, 6.45) is 0. The minimum absolute atomic E-state index is 0.0425. The van der Waals surface area contributed by atoms with E-state index in [0.717, 1.165) is 0 Å². The Hall–Kier alpha value is -3.02. The summed E-state index contributed by atoms with van der Waals surface area (Å²) >= 11 is 0. The molecular formula is C14H14N4O2. The summed E-state index contributed by atoms with van der Waals surface area (Å²) in [5, 5.41) is 9.86. The van der Waals surface area contributed by atoms with Crippen molar-refractivity contribution in [1.29, 1.82) is 0 Å². The van der Waals surface area contributed by atoms with Crippen molar-refractivity contribution in [2.45, 2.75) is 0 Å². The zero-order valence-corrected chi connectivity index (χ0v) is 10.6. The van der Waals surface area contributed by atoms with E-state index in [0.29, 0.717) is 11.3 Å². The SMILES string of the molecule is NC(=O)NNC(=Nc1ccccc1)c1ccccc1O. The molecule has 0 spiro atoms. The molecule has 2 rings (SSSR count). The Morgan fingerprint density at radius 1 is 1.00 bits per heavy atom. The molecule has 0 aliphatic heterocycles. The zero-order chi connectivity index (χ0) is 14.4. The molecule has 0 saturated carbocycles. The molecule has 0 aromatic heterocycles. The molecule has 0 aliphatic carbocycles. The van der Waals surface area contributed by atoms with Gasteiger partial charge in [-0.15, -0.1) is 0 Å². The summed E-state index contributed by atoms with van der Waals surface area (Å²) in [6, 6.07) is 15.0. The normalized spacial score (nSPS) is 10.9. The van der Waals surface area contributed by atoms with Crippen molar-refractivity contribution in [3.8, 4) is 5.75 Å². The van der Waals surface area contributed by atoms with E-state index in [1.807, 2.05) is 18.2 Å². The van der Waals surface area contributed by atoms with Gasteiger partial charge in [-0.25, -0.2) is 9.79 Å². The van der Waals surface area contributed by atoms with Crippen LogP contribution in [-0.2, 0) is 0 Å². The number of hydrogen-bond acceptors (Lipinski definition) is 3. The average molecular weight is 270 g/mol. The van der Waals surface area contributed by atoms with Gasteiger partial charge in [0.05, 0.1) is 11.3 Å². The Morgan fingerprint density at radius 3 is 2.30 bits per heavy atom. The number of hydrogen-bond donors (Lipinski definition) is 4. The van der Waals surface area contributed by atoms with Gasteiger partial charge < -0.3 is 10.8 Å². The number of nitrogens with one attached hydrogen (secondary N) is 2. The Balaban J connectivity index is 2.37. The zero-order valence-electron chi connectivity index (χ0n) is 10.6. The van der Waals surface area contributed by atoms with E-state index in [1.54, 1.807) is 30.3 Å². The maximum Gasteiger partial charge on any atom is 0.330 e. The number of phenolic OH excluding ortho intramolecular Hbond substituents is 1. The Kier molecular flexibility index (Phi) is 4.18. The van der Waals surface area contributed by atoms with E-state index in [1.165, 1.54) is 6.07 Å². The lowest BCUT2D eigenvalue weighted by Crippen LogP contribution is -2.44. The minimum Gasteiger partial charge on any atom is -0.507 e. The molecule has 0 bridgehead atoms. The summed E-state index contributed by atoms with van der Waals surface area (Å²) in [6.45, 7) is 0. The highest BCUT2D eigenvalue weighted by molar-refractivity contribution is 6.03. The molecule has 5 N–H and O–H groups in total. The predicted molar refractivity (Wildman–Crippen MR) is 76.6 cm³/mol. The van der Waals surface area contributed by atoms with Crippen molar-refractivity contribution in [2.75, 3.05) is 0 Å². The first-order valence-electron chi connectivity index (χ1n) is 5.90. The third-order valence-electron chi connectivity index (χ3n) is 2.46. The lowest BCUT2D eigenvalue weighted by atomic mass is 10.2. The first-order valence-corrected chi connectivity index (χ1v) is 5.90. The van der Waals surface area contributed by atoms with Gasteiger partial charge in [0.15, 0.2) is 5.84 Å². The molecule has 0 aliphatic rings. The van der Waals surface area contributed by atoms with Gasteiger partial charge in [0.25, 0.3) is 0 Å². The number of aromatic hydroxyl groups is 1. The van der Waals surface area contributed by atoms with Gasteiger partial charge in [-0.1, -0.05) is 30.3 Å². The van der Waals surface area contributed by atoms with Crippen molar-refractivity contribution in [2.24, 2.45) is 10.7 Å². The van der Waals surface area contributed by atoms with Crippen LogP contribution in [0.25, 0.3) is 0 Å². The van der Waals surface area contributed by atoms with Crippen LogP contribution in [0.5, 0.6) is 5.75 Å². The van der Waals surface area contributed by atoms with Crippen molar-refractivity contribution in [3.63, 3.8) is 0 Å². The summed E-state index contributed by atoms with van der Waals surface area (Å²) in [7, 11) is 0. The van der Waals surface area contributed by atoms with Gasteiger partial charge in [0.2, 0.25) is 0 Å². The number of primary amides is 1. The van der Waals surface area contributed by atoms with Crippen LogP contribution < -0.4 is 16.6 Å². The second-order valence-electron chi connectivity index (χ2n) is 3.93. The fraction of sp³-hybridized carbons (Fsp3) is 0. The van der Waals surface area contributed by atoms with Crippen LogP contribution in [0.4, 0.5) is 10.5 Å². The Labute approximate surface area is 115 Å². The lowest BCUT2D eigenvalue weighted by Gasteiger charge is -2.11. The maximum atomic E-state index is 10.8. The number of hydrazine groups is 1. The monoisotopic (exact) mass is 270 g/mol. The van der Waals surface area contributed by atoms with E-state index < -0.39 is 6.03 Å². The standard InChI is InChI=1S/C14H14N4O2/c15-14(20)18-17-13(11-8-4-5-9-12(11)19)16-10-6-2-1-3-7-10/h1-9,19H,(H,16,17)(H3,15,18,20). The summed E-state index contributed by atoms with van der Waals surface area (Å²) < 4.78 is 0. The first kappa shape index (κ1) is 13.4. The third kappa shape index (κ3) is 3.49. The van der Waals surface area contributed by atoms with E-state index >= 15 is 0 Å². The highest BCUT2D eigenvalue weighted by Crippen LogP contribution is 2.18. The lowest BCUT2D eigenvalue weighted by molar-refractivity contribution is 0.247. The van der Waals surface area contributed by atoms with E-state index in [2.05, 4.69) is 15.8 Å². The molecule has 0 atom stereocenters. The summed E-state index contributed by atoms with van der Waals surface area (Å²) in [5.41, 5.74) is 11.0. The first-order chi connectivity index (χ1) is 9.66. The van der Waals surface area contributed by atoms with E-state index in [-0.39, 0.29) is 11.6 Å². The Morgan fingerprint density at radius 2 is 1.65 bits per heavy atom. The number of rotatable bonds is 2. The largest absolute Gasteiger partial charge is 0.507 e. The highest BCUT2D eigenvalue weighted by Gasteiger charge is 2.09. The number of phenols is 1. The molecule has 102 valence electrons. The summed E-state index contributed by atoms with van der Waals surface area (Å²) in [5.74, 6) is 0.328. The van der Waals surface area contributed by atoms with Crippen molar-refractivity contribution in [1.82, 2.24) is 10.9 Å². The topological polar surface area (TPSA) is 99.7 Å². The maximum absolute atomic E-state index is 10.8. The molecule has 0 saturated heterocycles. The second-order valence-corrected chi connectivity index (χ2v) is 3.93. The smallest absolute Gasteiger partial charge is 0.330 e. The quantitative estimate of drug-likeness (QED) is 0.379. The number of amides is 2. The number of urea groups is 1. The van der Waals surface area contributed by atoms with Gasteiger partial charge in [0, 0.05) is 0 Å². The molecule has 20 heavy (non-hydrogen) atoms. The van der Waals surface area contributed by atoms with Crippen LogP contribution in [0.15, 0.2) is 59.6 Å². The number of amidine groups is 1. The molecule has 2 aromatic carbocycles. The second kappa shape index (κ2) is 6.24. The van der Waals surface area contributed by atoms with Gasteiger partial charge in [-0.2, -0.15) is 0 Å². The molecular weight excluding hydrogens is 256 g/mol. The van der Waals surface area contributed by atoms with Crippen molar-refractivity contribution < 1.29 is 9.90 Å². The van der Waals surface area contributed by atoms with Gasteiger partial charge in [-0.05, 0) is 24.3 Å². The molecule has 2 aromatic rings. The van der Waals surface area contributed by atoms with Crippen LogP contribution in [0.3, 0.4) is 0 Å². The van der Waals surface area contributed by atoms with Crippen LogP contribution in [0.1, 0.15) is 5.56 Å². The molecule has 0 unspecified atom stereocenters. The Bertz CT molecular complexity index is 626. The van der Waals surface area contributed by atoms with E-state index in [4.69, 9.17) is 5.73 Å². The average Bonchev–Trinajstić information content (AvgIpc) is 2.45. The van der Waals surface area contributed by atoms with Gasteiger partial charge in [-0.3, -0.25) is 10.9 Å². The van der Waals surface area contributed by atoms with Gasteiger partial charge in [0.1, 0.15) is 5.75 Å². The molecule has 2 amide bonds. The van der Waals surface area contributed by atoms with Crippen LogP contribution >= 0.6 is 0 Å². The number of aliphatic imine (C=N–C) groups is 1. The molecule has 0 heterocycles. The van der Waals surface area contributed by atoms with Crippen LogP contribution in [0.2, 0.25) is 0 Å². The number of para-hydroxylation sites is 2. The third-order valence-corrected chi connectivity index (χ3v) is 2.46. The molecule has 6 heteroatoms.